The Bertz CT molecular complexity index is 1350. The van der Waals surface area contributed by atoms with Gasteiger partial charge in [0.1, 0.15) is 13.2 Å². The molecule has 3 N–H and O–H groups in total. The summed E-state index contributed by atoms with van der Waals surface area (Å²) in [5.41, 5.74) is 7.45. The normalized spacial score (nSPS) is 19.0. The highest BCUT2D eigenvalue weighted by Crippen LogP contribution is 2.38. The molecule has 0 spiro atoms. The summed E-state index contributed by atoms with van der Waals surface area (Å²) in [6.07, 6.45) is 1.68. The van der Waals surface area contributed by atoms with Crippen LogP contribution >= 0.6 is 0 Å². The Morgan fingerprint density at radius 3 is 3.00 bits per heavy atom. The van der Waals surface area contributed by atoms with Crippen molar-refractivity contribution in [3.63, 3.8) is 0 Å². The van der Waals surface area contributed by atoms with Crippen LogP contribution in [0.1, 0.15) is 35.6 Å². The van der Waals surface area contributed by atoms with E-state index in [0.29, 0.717) is 47.7 Å². The lowest BCUT2D eigenvalue weighted by atomic mass is 9.86. The van der Waals surface area contributed by atoms with Crippen LogP contribution in [0.15, 0.2) is 40.3 Å². The summed E-state index contributed by atoms with van der Waals surface area (Å²) in [5, 5.41) is 15.8. The molecule has 5 rings (SSSR count). The molecule has 0 fully saturated rings. The molecule has 0 saturated carbocycles. The lowest BCUT2D eigenvalue weighted by molar-refractivity contribution is -0.172. The third-order valence-corrected chi connectivity index (χ3v) is 6.05. The smallest absolute Gasteiger partial charge is 0.343 e. The van der Waals surface area contributed by atoms with Crippen LogP contribution in [0.25, 0.3) is 22.3 Å². The molecule has 2 aliphatic rings. The van der Waals surface area contributed by atoms with E-state index in [1.165, 1.54) is 0 Å². The zero-order valence-electron chi connectivity index (χ0n) is 17.5. The van der Waals surface area contributed by atoms with Gasteiger partial charge in [-0.05, 0) is 18.6 Å². The maximum absolute atomic E-state index is 13.2. The number of benzene rings is 1. The number of aromatic nitrogens is 2. The van der Waals surface area contributed by atoms with Crippen LogP contribution < -0.4 is 11.3 Å². The number of carbonyl (C=O) groups is 1. The third-order valence-electron chi connectivity index (χ3n) is 6.05. The largest absolute Gasteiger partial charge is 0.458 e. The Balaban J connectivity index is 1.69. The second-order valence-electron chi connectivity index (χ2n) is 7.87. The zero-order valence-corrected chi connectivity index (χ0v) is 17.5. The number of cyclic esters (lactones) is 1. The van der Waals surface area contributed by atoms with Crippen molar-refractivity contribution in [2.24, 2.45) is 10.9 Å². The van der Waals surface area contributed by atoms with Crippen molar-refractivity contribution in [2.45, 2.75) is 32.1 Å². The first-order chi connectivity index (χ1) is 15.5. The molecule has 0 radical (unpaired) electrons. The van der Waals surface area contributed by atoms with Crippen LogP contribution in [-0.4, -0.2) is 40.0 Å². The first-order valence-electron chi connectivity index (χ1n) is 10.4. The summed E-state index contributed by atoms with van der Waals surface area (Å²) >= 11 is 0. The summed E-state index contributed by atoms with van der Waals surface area (Å²) in [4.78, 5) is 35.5. The fraction of sp³-hybridized carbons (Fsp3) is 0.304. The van der Waals surface area contributed by atoms with Crippen LogP contribution in [0.3, 0.4) is 0 Å². The molecule has 3 aromatic rings. The number of esters is 1. The average Bonchev–Trinajstić information content (AvgIpc) is 3.16. The van der Waals surface area contributed by atoms with Gasteiger partial charge in [-0.15, -0.1) is 0 Å². The molecule has 9 nitrogen and oxygen atoms in total. The van der Waals surface area contributed by atoms with Gasteiger partial charge in [0.05, 0.1) is 35.2 Å². The van der Waals surface area contributed by atoms with Crippen molar-refractivity contribution in [1.82, 2.24) is 9.55 Å². The number of oxime groups is 1. The lowest BCUT2D eigenvalue weighted by Crippen LogP contribution is -2.44. The molecule has 0 saturated heterocycles. The molecule has 0 unspecified atom stereocenters. The van der Waals surface area contributed by atoms with E-state index >= 15 is 0 Å². The van der Waals surface area contributed by atoms with Crippen molar-refractivity contribution >= 4 is 23.1 Å². The van der Waals surface area contributed by atoms with E-state index in [9.17, 15) is 14.7 Å². The monoisotopic (exact) mass is 434 g/mol. The minimum atomic E-state index is -1.85. The molecule has 4 heterocycles. The molecule has 1 atom stereocenters. The van der Waals surface area contributed by atoms with Gasteiger partial charge < -0.3 is 25.0 Å². The number of pyridine rings is 2. The Hall–Kier alpha value is -3.56. The maximum atomic E-state index is 13.2. The Morgan fingerprint density at radius 2 is 2.22 bits per heavy atom. The second-order valence-corrected chi connectivity index (χ2v) is 7.87. The number of hydrogen-bond acceptors (Lipinski definition) is 8. The molecule has 2 aromatic heterocycles. The number of fused-ring (bicyclic) bond motifs is 5. The molecular formula is C23H22N4O5. The Labute approximate surface area is 183 Å². The maximum Gasteiger partial charge on any atom is 0.343 e. The zero-order chi connectivity index (χ0) is 22.5. The SMILES string of the molecule is CC[C@@]1(O)C(=O)OCc2c1cc1n(c2=O)Cc2cc3cccc(/C=N/OCCN)c3nc2-1. The minimum Gasteiger partial charge on any atom is -0.458 e. The standard InChI is InChI=1S/C23H22N4O5/c1-2-23(30)17-9-18-20-15(11-27(18)21(28)16(17)12-31-22(23)29)8-13-4-3-5-14(19(13)26-20)10-25-32-7-6-24/h3-5,8-10,30H,2,6-7,11-12,24H2,1H3/b25-10+/t23-/m0/s1. The first kappa shape index (κ1) is 20.3. The summed E-state index contributed by atoms with van der Waals surface area (Å²) in [5.74, 6) is -0.738. The number of aliphatic hydroxyl groups is 1. The van der Waals surface area contributed by atoms with Gasteiger partial charge in [-0.3, -0.25) is 4.79 Å². The summed E-state index contributed by atoms with van der Waals surface area (Å²) in [6.45, 7) is 2.57. The minimum absolute atomic E-state index is 0.100. The highest BCUT2D eigenvalue weighted by Gasteiger charge is 2.45. The summed E-state index contributed by atoms with van der Waals surface area (Å²) < 4.78 is 6.72. The number of nitrogens with zero attached hydrogens (tertiary/aromatic N) is 3. The van der Waals surface area contributed by atoms with Crippen molar-refractivity contribution in [2.75, 3.05) is 13.2 Å². The van der Waals surface area contributed by atoms with Crippen LogP contribution in [0.2, 0.25) is 0 Å². The van der Waals surface area contributed by atoms with Gasteiger partial charge in [-0.1, -0.05) is 30.3 Å². The average molecular weight is 434 g/mol. The van der Waals surface area contributed by atoms with Crippen LogP contribution in [-0.2, 0) is 33.1 Å². The Morgan fingerprint density at radius 1 is 1.38 bits per heavy atom. The predicted molar refractivity (Wildman–Crippen MR) is 117 cm³/mol. The van der Waals surface area contributed by atoms with E-state index in [1.807, 2.05) is 24.3 Å². The fourth-order valence-corrected chi connectivity index (χ4v) is 4.33. The van der Waals surface area contributed by atoms with Gasteiger partial charge in [0.2, 0.25) is 0 Å². The molecule has 164 valence electrons. The van der Waals surface area contributed by atoms with Gasteiger partial charge in [0, 0.05) is 28.6 Å². The van der Waals surface area contributed by atoms with Gasteiger partial charge in [0.15, 0.2) is 5.60 Å². The van der Waals surface area contributed by atoms with Crippen molar-refractivity contribution in [1.29, 1.82) is 0 Å². The second kappa shape index (κ2) is 7.54. The first-order valence-corrected chi connectivity index (χ1v) is 10.4. The summed E-state index contributed by atoms with van der Waals surface area (Å²) in [6, 6.07) is 9.41. The van der Waals surface area contributed by atoms with E-state index in [2.05, 4.69) is 5.16 Å². The van der Waals surface area contributed by atoms with E-state index < -0.39 is 11.6 Å². The van der Waals surface area contributed by atoms with Crippen molar-refractivity contribution in [3.05, 3.63) is 62.9 Å². The number of para-hydroxylation sites is 1. The van der Waals surface area contributed by atoms with Crippen LogP contribution in [0.4, 0.5) is 0 Å². The quantitative estimate of drug-likeness (QED) is 0.210. The number of ether oxygens (including phenoxy) is 1. The van der Waals surface area contributed by atoms with Crippen molar-refractivity contribution < 1.29 is 19.5 Å². The molecule has 9 heteroatoms. The van der Waals surface area contributed by atoms with Crippen LogP contribution in [0.5, 0.6) is 0 Å². The topological polar surface area (TPSA) is 129 Å². The summed E-state index contributed by atoms with van der Waals surface area (Å²) in [7, 11) is 0. The van der Waals surface area contributed by atoms with Crippen LogP contribution in [0, 0.1) is 0 Å². The number of carbonyl (C=O) groups excluding carboxylic acids is 1. The van der Waals surface area contributed by atoms with Gasteiger partial charge in [-0.2, -0.15) is 0 Å². The highest BCUT2D eigenvalue weighted by atomic mass is 16.6. The number of rotatable bonds is 5. The number of hydrogen-bond donors (Lipinski definition) is 2. The van der Waals surface area contributed by atoms with E-state index in [0.717, 1.165) is 16.5 Å². The lowest BCUT2D eigenvalue weighted by Gasteiger charge is -2.31. The van der Waals surface area contributed by atoms with E-state index in [4.69, 9.17) is 20.3 Å². The van der Waals surface area contributed by atoms with Gasteiger partial charge in [0.25, 0.3) is 5.56 Å². The third kappa shape index (κ3) is 2.93. The number of nitrogens with two attached hydrogens (primary N) is 1. The van der Waals surface area contributed by atoms with Gasteiger partial charge >= 0.3 is 5.97 Å². The fourth-order valence-electron chi connectivity index (χ4n) is 4.33. The van der Waals surface area contributed by atoms with Crippen molar-refractivity contribution in [3.8, 4) is 11.4 Å². The van der Waals surface area contributed by atoms with Gasteiger partial charge in [-0.25, -0.2) is 9.78 Å². The predicted octanol–water partition coefficient (Wildman–Crippen LogP) is 1.39. The van der Waals surface area contributed by atoms with E-state index in [-0.39, 0.29) is 18.6 Å². The highest BCUT2D eigenvalue weighted by molar-refractivity contribution is 5.98. The molecule has 0 bridgehead atoms. The molecule has 0 amide bonds. The molecule has 0 aliphatic carbocycles. The molecule has 32 heavy (non-hydrogen) atoms. The molecule has 1 aromatic carbocycles. The Kier molecular flexibility index (Phi) is 4.79. The molecule has 2 aliphatic heterocycles. The van der Waals surface area contributed by atoms with E-state index in [1.54, 1.807) is 23.8 Å². The molecular weight excluding hydrogens is 412 g/mol.